The monoisotopic (exact) mass is 198 g/mol. The normalized spacial score (nSPS) is 38.8. The Kier molecular flexibility index (Phi) is 3.79. The van der Waals surface area contributed by atoms with Crippen LogP contribution < -0.4 is 10.6 Å². The van der Waals surface area contributed by atoms with E-state index in [1.165, 1.54) is 32.4 Å². The van der Waals surface area contributed by atoms with E-state index in [1.54, 1.807) is 0 Å². The lowest BCUT2D eigenvalue weighted by Gasteiger charge is -2.25. The summed E-state index contributed by atoms with van der Waals surface area (Å²) in [5.74, 6) is 0.830. The Morgan fingerprint density at radius 2 is 2.36 bits per heavy atom. The maximum atomic E-state index is 5.53. The Balaban J connectivity index is 1.65. The summed E-state index contributed by atoms with van der Waals surface area (Å²) < 4.78 is 5.53. The second-order valence-corrected chi connectivity index (χ2v) is 4.59. The van der Waals surface area contributed by atoms with Crippen molar-refractivity contribution in [3.05, 3.63) is 0 Å². The maximum absolute atomic E-state index is 5.53. The molecule has 0 bridgehead atoms. The van der Waals surface area contributed by atoms with Gasteiger partial charge in [-0.2, -0.15) is 0 Å². The lowest BCUT2D eigenvalue weighted by atomic mass is 9.99. The van der Waals surface area contributed by atoms with Crippen LogP contribution in [0.4, 0.5) is 0 Å². The van der Waals surface area contributed by atoms with E-state index in [0.717, 1.165) is 19.1 Å². The molecule has 0 aromatic carbocycles. The van der Waals surface area contributed by atoms with Crippen molar-refractivity contribution >= 4 is 0 Å². The van der Waals surface area contributed by atoms with Gasteiger partial charge in [-0.25, -0.2) is 0 Å². The fraction of sp³-hybridized carbons (Fsp3) is 1.00. The minimum absolute atomic E-state index is 0.409. The van der Waals surface area contributed by atoms with Crippen molar-refractivity contribution in [1.82, 2.24) is 10.6 Å². The van der Waals surface area contributed by atoms with Crippen molar-refractivity contribution in [2.75, 3.05) is 26.2 Å². The molecule has 3 unspecified atom stereocenters. The zero-order chi connectivity index (χ0) is 9.80. The van der Waals surface area contributed by atoms with Gasteiger partial charge in [0.2, 0.25) is 0 Å². The molecule has 14 heavy (non-hydrogen) atoms. The highest BCUT2D eigenvalue weighted by Gasteiger charge is 2.24. The van der Waals surface area contributed by atoms with Crippen molar-refractivity contribution in [2.24, 2.45) is 5.92 Å². The van der Waals surface area contributed by atoms with Gasteiger partial charge in [0.25, 0.3) is 0 Å². The molecule has 3 heteroatoms. The van der Waals surface area contributed by atoms with Crippen LogP contribution in [-0.4, -0.2) is 38.4 Å². The molecule has 2 saturated heterocycles. The molecule has 2 heterocycles. The Bertz CT molecular complexity index is 169. The van der Waals surface area contributed by atoms with Crippen LogP contribution in [0.15, 0.2) is 0 Å². The van der Waals surface area contributed by atoms with Crippen LogP contribution in [0.1, 0.15) is 26.2 Å². The molecule has 0 aromatic rings. The summed E-state index contributed by atoms with van der Waals surface area (Å²) in [7, 11) is 0. The van der Waals surface area contributed by atoms with E-state index in [0.29, 0.717) is 12.1 Å². The third-order valence-electron chi connectivity index (χ3n) is 3.44. The lowest BCUT2D eigenvalue weighted by Crippen LogP contribution is -2.42. The average Bonchev–Trinajstić information content (AvgIpc) is 2.63. The fourth-order valence-electron chi connectivity index (χ4n) is 2.42. The highest BCUT2D eigenvalue weighted by molar-refractivity contribution is 4.81. The predicted octanol–water partition coefficient (Wildman–Crippen LogP) is 0.753. The molecule has 0 radical (unpaired) electrons. The smallest absolute Gasteiger partial charge is 0.0700 e. The van der Waals surface area contributed by atoms with Gasteiger partial charge in [-0.1, -0.05) is 0 Å². The first kappa shape index (κ1) is 10.4. The number of ether oxygens (including phenoxy) is 1. The Hall–Kier alpha value is -0.120. The van der Waals surface area contributed by atoms with Crippen LogP contribution in [0.2, 0.25) is 0 Å². The minimum atomic E-state index is 0.409. The van der Waals surface area contributed by atoms with Gasteiger partial charge in [0.05, 0.1) is 6.10 Å². The average molecular weight is 198 g/mol. The van der Waals surface area contributed by atoms with E-state index in [9.17, 15) is 0 Å². The first-order valence-electron chi connectivity index (χ1n) is 5.92. The SMILES string of the molecule is CC1OCCC1NCC1CCCNC1. The number of nitrogens with one attached hydrogen (secondary N) is 2. The van der Waals surface area contributed by atoms with Gasteiger partial charge < -0.3 is 15.4 Å². The molecule has 0 saturated carbocycles. The van der Waals surface area contributed by atoms with Gasteiger partial charge in [-0.3, -0.25) is 0 Å². The molecule has 0 aromatic heterocycles. The third-order valence-corrected chi connectivity index (χ3v) is 3.44. The van der Waals surface area contributed by atoms with Gasteiger partial charge >= 0.3 is 0 Å². The lowest BCUT2D eigenvalue weighted by molar-refractivity contribution is 0.112. The van der Waals surface area contributed by atoms with Crippen molar-refractivity contribution in [1.29, 1.82) is 0 Å². The van der Waals surface area contributed by atoms with E-state index in [1.807, 2.05) is 0 Å². The number of rotatable bonds is 3. The number of hydrogen-bond donors (Lipinski definition) is 2. The first-order chi connectivity index (χ1) is 6.86. The molecule has 3 atom stereocenters. The predicted molar refractivity (Wildman–Crippen MR) is 57.4 cm³/mol. The molecule has 82 valence electrons. The molecule has 0 amide bonds. The molecular formula is C11H22N2O. The maximum Gasteiger partial charge on any atom is 0.0700 e. The molecule has 2 fully saturated rings. The quantitative estimate of drug-likeness (QED) is 0.702. The van der Waals surface area contributed by atoms with Crippen molar-refractivity contribution in [3.8, 4) is 0 Å². The molecule has 0 aliphatic carbocycles. The van der Waals surface area contributed by atoms with Gasteiger partial charge in [-0.05, 0) is 51.7 Å². The standard InChI is InChI=1S/C11H22N2O/c1-9-11(4-6-14-9)13-8-10-3-2-5-12-7-10/h9-13H,2-8H2,1H3. The first-order valence-corrected chi connectivity index (χ1v) is 5.92. The van der Waals surface area contributed by atoms with E-state index in [-0.39, 0.29) is 0 Å². The molecule has 2 aliphatic rings. The molecular weight excluding hydrogens is 176 g/mol. The summed E-state index contributed by atoms with van der Waals surface area (Å²) in [4.78, 5) is 0. The van der Waals surface area contributed by atoms with Gasteiger partial charge in [0.1, 0.15) is 0 Å². The van der Waals surface area contributed by atoms with Crippen LogP contribution in [0.25, 0.3) is 0 Å². The van der Waals surface area contributed by atoms with Gasteiger partial charge in [-0.15, -0.1) is 0 Å². The zero-order valence-corrected chi connectivity index (χ0v) is 9.09. The Morgan fingerprint density at radius 3 is 3.00 bits per heavy atom. The zero-order valence-electron chi connectivity index (χ0n) is 9.09. The molecule has 2 aliphatic heterocycles. The number of hydrogen-bond acceptors (Lipinski definition) is 3. The van der Waals surface area contributed by atoms with Gasteiger partial charge in [0, 0.05) is 12.6 Å². The highest BCUT2D eigenvalue weighted by Crippen LogP contribution is 2.14. The Labute approximate surface area is 86.6 Å². The van der Waals surface area contributed by atoms with E-state index < -0.39 is 0 Å². The molecule has 3 nitrogen and oxygen atoms in total. The summed E-state index contributed by atoms with van der Waals surface area (Å²) in [6, 6.07) is 0.594. The number of piperidine rings is 1. The van der Waals surface area contributed by atoms with Crippen molar-refractivity contribution in [3.63, 3.8) is 0 Å². The molecule has 0 spiro atoms. The summed E-state index contributed by atoms with van der Waals surface area (Å²) >= 11 is 0. The minimum Gasteiger partial charge on any atom is -0.377 e. The van der Waals surface area contributed by atoms with Crippen LogP contribution >= 0.6 is 0 Å². The van der Waals surface area contributed by atoms with E-state index in [4.69, 9.17) is 4.74 Å². The summed E-state index contributed by atoms with van der Waals surface area (Å²) in [6.07, 6.45) is 4.30. The van der Waals surface area contributed by atoms with Crippen LogP contribution in [-0.2, 0) is 4.74 Å². The molecule has 2 N–H and O–H groups in total. The molecule has 2 rings (SSSR count). The fourth-order valence-corrected chi connectivity index (χ4v) is 2.42. The van der Waals surface area contributed by atoms with Crippen LogP contribution in [0.3, 0.4) is 0 Å². The summed E-state index contributed by atoms with van der Waals surface area (Å²) in [6.45, 7) is 6.66. The van der Waals surface area contributed by atoms with Crippen molar-refractivity contribution < 1.29 is 4.74 Å². The summed E-state index contributed by atoms with van der Waals surface area (Å²) in [5, 5.41) is 7.09. The van der Waals surface area contributed by atoms with E-state index >= 15 is 0 Å². The Morgan fingerprint density at radius 1 is 1.43 bits per heavy atom. The highest BCUT2D eigenvalue weighted by atomic mass is 16.5. The van der Waals surface area contributed by atoms with Crippen LogP contribution in [0.5, 0.6) is 0 Å². The topological polar surface area (TPSA) is 33.3 Å². The second-order valence-electron chi connectivity index (χ2n) is 4.59. The van der Waals surface area contributed by atoms with Gasteiger partial charge in [0.15, 0.2) is 0 Å². The van der Waals surface area contributed by atoms with Crippen LogP contribution in [0, 0.1) is 5.92 Å². The van der Waals surface area contributed by atoms with E-state index in [2.05, 4.69) is 17.6 Å². The second kappa shape index (κ2) is 5.10. The summed E-state index contributed by atoms with van der Waals surface area (Å²) in [5.41, 5.74) is 0. The van der Waals surface area contributed by atoms with Crippen molar-refractivity contribution in [2.45, 2.75) is 38.3 Å². The third kappa shape index (κ3) is 2.69. The largest absolute Gasteiger partial charge is 0.377 e.